The number of azide groups is 1. The Kier molecular flexibility index (Phi) is 44.2. The third-order valence-electron chi connectivity index (χ3n) is 13.6. The molecular formula is C52H78B4Cl4N21NaO14. The number of carboxylic acid groups (broad SMARTS) is 1. The summed E-state index contributed by atoms with van der Waals surface area (Å²) in [6.07, 6.45) is 7.28. The van der Waals surface area contributed by atoms with Crippen LogP contribution in [0.3, 0.4) is 0 Å². The second-order valence-electron chi connectivity index (χ2n) is 23.1. The van der Waals surface area contributed by atoms with Crippen LogP contribution in [-0.4, -0.2) is 238 Å². The van der Waals surface area contributed by atoms with Gasteiger partial charge in [-0.15, -0.1) is 23.2 Å². The maximum Gasteiger partial charge on any atom is 1.00 e. The van der Waals surface area contributed by atoms with Crippen LogP contribution in [0.1, 0.15) is 160 Å². The SMILES string of the molecule is C/C(N)=N/O.CC(C)(C)OC(=O)N1CCC(C(=O)O)CC1.O=C(Cl)CCl.[B]c1noc(C2CCN(C(=O)CCl)CC2)n1.[B]c1noc(C2CCN(C(=O)CN=[N+]=[N-])CC2)n1.[B]c1noc(C2CCN(C(=O)OC(C)(C)C)CC2)n1.[B]c1noc(C2CC[NH2+]CC2)n1.[Cl-].[N-]=[N+]=[N-].[Na+]. The Morgan fingerprint density at radius 2 is 0.875 bits per heavy atom. The number of amidine groups is 1. The maximum absolute atomic E-state index is 11.9. The molecule has 516 valence electrons. The van der Waals surface area contributed by atoms with Gasteiger partial charge in [-0.05, 0) is 117 Å². The van der Waals surface area contributed by atoms with Crippen LogP contribution in [0.2, 0.25) is 0 Å². The number of aromatic nitrogens is 8. The van der Waals surface area contributed by atoms with Crippen molar-refractivity contribution in [3.05, 3.63) is 50.0 Å². The van der Waals surface area contributed by atoms with E-state index in [1.54, 1.807) is 19.6 Å². The number of likely N-dealkylation sites (tertiary alicyclic amines) is 4. The molecule has 0 unspecified atom stereocenters. The molecule has 5 aliphatic heterocycles. The van der Waals surface area contributed by atoms with Gasteiger partial charge in [0.15, 0.2) is 31.4 Å². The Balaban J connectivity index is 0.00000112. The molecule has 8 radical (unpaired) electrons. The van der Waals surface area contributed by atoms with Gasteiger partial charge in [-0.1, -0.05) is 30.9 Å². The molecule has 0 bridgehead atoms. The molecule has 0 saturated carbocycles. The van der Waals surface area contributed by atoms with E-state index in [0.717, 1.165) is 64.5 Å². The molecule has 9 rings (SSSR count). The van der Waals surface area contributed by atoms with Crippen LogP contribution in [-0.2, 0) is 28.7 Å². The number of piperidine rings is 5. The summed E-state index contributed by atoms with van der Waals surface area (Å²) in [7, 11) is 21.6. The van der Waals surface area contributed by atoms with E-state index in [0.29, 0.717) is 94.7 Å². The number of rotatable bonds is 9. The Bertz CT molecular complexity index is 3060. The van der Waals surface area contributed by atoms with Crippen molar-refractivity contribution in [1.82, 2.24) is 60.2 Å². The predicted molar refractivity (Wildman–Crippen MR) is 343 cm³/mol. The van der Waals surface area contributed by atoms with Gasteiger partial charge in [0, 0.05) is 93.8 Å². The van der Waals surface area contributed by atoms with Gasteiger partial charge in [0.25, 0.3) is 0 Å². The molecule has 6 N–H and O–H groups in total. The largest absolute Gasteiger partial charge is 1.00 e. The first kappa shape index (κ1) is 89.4. The van der Waals surface area contributed by atoms with Gasteiger partial charge in [0.2, 0.25) is 40.6 Å². The molecule has 0 spiro atoms. The molecule has 9 heterocycles. The van der Waals surface area contributed by atoms with Crippen LogP contribution in [0.5, 0.6) is 0 Å². The summed E-state index contributed by atoms with van der Waals surface area (Å²) >= 11 is 15.0. The van der Waals surface area contributed by atoms with Crippen molar-refractivity contribution in [2.24, 2.45) is 21.9 Å². The standard InChI is InChI=1S/C12H18BN3O3.C11H19NO4.C9H11BClN3O2.C9H11BN6O2.C7H10BN3O.C2H2Cl2O.C2H6N2O.ClH.N3.Na/c1-12(2,3)18-11(17)16-6-4-8(5-7-16)9-14-10(13)15-19-9;1-11(2,3)16-10(15)12-6-4-8(5-7-12)9(13)14;10-9-12-8(16-13-9)6-1-3-14(4-2-6)7(15)5-11;10-9-13-8(18-14-9)6-1-3-16(4-2-6)7(17)5-12-15-11;8-7-10-6(12-11-7)5-1-3-9-4-2-5;3-1-2(4)5;1-2(3)4-5;;1-3-2;/h8H,4-7H2,1-3H3;8H,4-7H2,1-3H3,(H,13,14);6H,1-5H2;6H,1-5H2;5,9H,1-4H2;1H2;5H,1H3,(H2,3,4);1H;;/q;;;;;;;;-1;+1. The Morgan fingerprint density at radius 1 is 0.594 bits per heavy atom. The first-order chi connectivity index (χ1) is 44.4. The number of oxime groups is 1. The van der Waals surface area contributed by atoms with E-state index >= 15 is 0 Å². The maximum atomic E-state index is 11.9. The predicted octanol–water partition coefficient (Wildman–Crippen LogP) is -3.69. The number of nitrogens with zero attached hydrogens (tertiary/aromatic N) is 19. The van der Waals surface area contributed by atoms with Crippen LogP contribution in [0.25, 0.3) is 26.4 Å². The number of carbonyl (C=O) groups is 6. The molecule has 4 aromatic rings. The number of aliphatic carboxylic acids is 1. The van der Waals surface area contributed by atoms with Gasteiger partial charge in [-0.2, -0.15) is 0 Å². The molecule has 5 aliphatic rings. The zero-order chi connectivity index (χ0) is 70.6. The quantitative estimate of drug-likeness (QED) is 0.0120. The van der Waals surface area contributed by atoms with Gasteiger partial charge < -0.3 is 92.0 Å². The number of amides is 4. The molecule has 0 aliphatic carbocycles. The summed E-state index contributed by atoms with van der Waals surface area (Å²) in [6.45, 7) is 19.4. The molecule has 96 heavy (non-hydrogen) atoms. The van der Waals surface area contributed by atoms with Crippen LogP contribution in [0, 0.1) is 5.92 Å². The monoisotopic (exact) mass is 1430 g/mol. The minimum Gasteiger partial charge on any atom is -1.00 e. The van der Waals surface area contributed by atoms with E-state index in [2.05, 4.69) is 61.1 Å². The Hall–Kier alpha value is -6.55. The Morgan fingerprint density at radius 3 is 1.11 bits per heavy atom. The van der Waals surface area contributed by atoms with Crippen molar-refractivity contribution in [2.75, 3.05) is 83.8 Å². The first-order valence-corrected chi connectivity index (χ1v) is 31.0. The molecule has 44 heteroatoms. The van der Waals surface area contributed by atoms with Crippen molar-refractivity contribution >= 4 is 130 Å². The van der Waals surface area contributed by atoms with E-state index in [-0.39, 0.29) is 137 Å². The third-order valence-corrected chi connectivity index (χ3v) is 14.4. The second kappa shape index (κ2) is 47.4. The van der Waals surface area contributed by atoms with Gasteiger partial charge in [-0.25, -0.2) is 29.5 Å². The summed E-state index contributed by atoms with van der Waals surface area (Å²) in [6, 6.07) is 0. The molecule has 0 aromatic carbocycles. The van der Waals surface area contributed by atoms with E-state index in [1.165, 1.54) is 11.8 Å². The number of hydrogen-bond acceptors (Lipinski definition) is 23. The average Bonchev–Trinajstić information content (AvgIpc) is 1.70. The van der Waals surface area contributed by atoms with E-state index in [1.807, 2.05) is 41.5 Å². The number of nitrogens with two attached hydrogens (primary N) is 2. The first-order valence-electron chi connectivity index (χ1n) is 29.5. The minimum atomic E-state index is -0.774. The smallest absolute Gasteiger partial charge is 1.00 e. The fraction of sp³-hybridized carbons (Fsp3) is 0.712. The van der Waals surface area contributed by atoms with Crippen LogP contribution in [0.15, 0.2) is 28.4 Å². The zero-order valence-electron chi connectivity index (χ0n) is 54.9. The van der Waals surface area contributed by atoms with E-state index in [4.69, 9.17) is 126 Å². The fourth-order valence-corrected chi connectivity index (χ4v) is 9.29. The number of alkyl halides is 2. The normalized spacial score (nSPS) is 16.1. The zero-order valence-corrected chi connectivity index (χ0v) is 59.9. The summed E-state index contributed by atoms with van der Waals surface area (Å²) in [5.74, 6) is 2.14. The summed E-state index contributed by atoms with van der Waals surface area (Å²) in [5.41, 5.74) is 26.2. The van der Waals surface area contributed by atoms with Crippen LogP contribution >= 0.6 is 34.8 Å². The molecule has 5 fully saturated rings. The topological polar surface area (TPSA) is 492 Å². The second-order valence-corrected chi connectivity index (χ2v) is 24.0. The molecule has 5 saturated heterocycles. The van der Waals surface area contributed by atoms with Crippen molar-refractivity contribution in [1.29, 1.82) is 0 Å². The number of carboxylic acids is 1. The Labute approximate surface area is 603 Å². The summed E-state index contributed by atoms with van der Waals surface area (Å²) in [4.78, 5) is 93.4. The van der Waals surface area contributed by atoms with Crippen molar-refractivity contribution < 1.29 is 114 Å². The molecule has 4 amide bonds. The number of hydrogen-bond donors (Lipinski definition) is 4. The molecule has 0 atom stereocenters. The van der Waals surface area contributed by atoms with E-state index < -0.39 is 22.4 Å². The van der Waals surface area contributed by atoms with Crippen LogP contribution in [0.4, 0.5) is 9.59 Å². The number of quaternary nitrogens is 1. The van der Waals surface area contributed by atoms with Gasteiger partial charge in [0.1, 0.15) is 52.4 Å². The van der Waals surface area contributed by atoms with Gasteiger partial charge >= 0.3 is 47.7 Å². The third kappa shape index (κ3) is 36.7. The summed E-state index contributed by atoms with van der Waals surface area (Å²) < 4.78 is 30.6. The minimum absolute atomic E-state index is 0. The van der Waals surface area contributed by atoms with Crippen LogP contribution < -0.4 is 75.9 Å². The summed E-state index contributed by atoms with van der Waals surface area (Å²) in [5, 5.41) is 38.3. The van der Waals surface area contributed by atoms with Gasteiger partial charge in [0.05, 0.1) is 24.9 Å². The molecule has 4 aromatic heterocycles. The fourth-order valence-electron chi connectivity index (χ4n) is 9.13. The molecule has 35 nitrogen and oxygen atoms in total. The average molecular weight is 1430 g/mol. The van der Waals surface area contributed by atoms with Gasteiger partial charge in [-0.3, -0.25) is 24.1 Å². The van der Waals surface area contributed by atoms with Crippen molar-refractivity contribution in [3.63, 3.8) is 0 Å². The number of carbonyl (C=O) groups excluding carboxylic acids is 5. The molecular weight excluding hydrogens is 1350 g/mol. The number of halogens is 4. The van der Waals surface area contributed by atoms with E-state index in [9.17, 15) is 28.8 Å². The van der Waals surface area contributed by atoms with Crippen molar-refractivity contribution in [2.45, 2.75) is 148 Å². The van der Waals surface area contributed by atoms with Crippen molar-refractivity contribution in [3.8, 4) is 0 Å². The number of ether oxygens (including phenoxy) is 2.